The smallest absolute Gasteiger partial charge is 0.222 e. The van der Waals surface area contributed by atoms with Gasteiger partial charge in [-0.1, -0.05) is 12.1 Å². The molecule has 162 valence electrons. The first-order chi connectivity index (χ1) is 14.1. The van der Waals surface area contributed by atoms with Crippen LogP contribution in [0.4, 0.5) is 4.39 Å². The van der Waals surface area contributed by atoms with E-state index in [2.05, 4.69) is 15.6 Å². The van der Waals surface area contributed by atoms with Crippen molar-refractivity contribution in [1.82, 2.24) is 10.6 Å². The maximum Gasteiger partial charge on any atom is 0.222 e. The summed E-state index contributed by atoms with van der Waals surface area (Å²) in [5.41, 5.74) is 6.38. The number of hydrogen-bond acceptors (Lipinski definition) is 4. The summed E-state index contributed by atoms with van der Waals surface area (Å²) in [6, 6.07) is 6.08. The van der Waals surface area contributed by atoms with Gasteiger partial charge in [-0.05, 0) is 50.3 Å². The summed E-state index contributed by atoms with van der Waals surface area (Å²) in [6.07, 6.45) is 3.70. The minimum absolute atomic E-state index is 0.244. The fraction of sp³-hybridized carbons (Fsp3) is 0.619. The van der Waals surface area contributed by atoms with Crippen molar-refractivity contribution in [2.45, 2.75) is 38.7 Å². The zero-order chi connectivity index (χ0) is 20.9. The van der Waals surface area contributed by atoms with Gasteiger partial charge in [0.2, 0.25) is 5.91 Å². The van der Waals surface area contributed by atoms with Crippen molar-refractivity contribution in [2.24, 2.45) is 16.6 Å². The third kappa shape index (κ3) is 9.23. The molecule has 1 aromatic rings. The molecule has 0 aliphatic carbocycles. The van der Waals surface area contributed by atoms with E-state index < -0.39 is 11.8 Å². The number of nitrogens with one attached hydrogen (secondary N) is 2. The SMILES string of the molecule is CCNC(=NCC(Cc1ccc(F)cc1)C(N)=O)NCCCOCC1CCCO1. The lowest BCUT2D eigenvalue weighted by molar-refractivity contribution is -0.121. The molecule has 1 aliphatic rings. The molecule has 1 amide bonds. The number of benzene rings is 1. The van der Waals surface area contributed by atoms with Gasteiger partial charge in [0.15, 0.2) is 5.96 Å². The van der Waals surface area contributed by atoms with Crippen LogP contribution < -0.4 is 16.4 Å². The highest BCUT2D eigenvalue weighted by atomic mass is 19.1. The first-order valence-corrected chi connectivity index (χ1v) is 10.3. The number of aliphatic imine (C=N–C) groups is 1. The van der Waals surface area contributed by atoms with Gasteiger partial charge in [0.05, 0.1) is 25.2 Å². The molecule has 2 unspecified atom stereocenters. The maximum absolute atomic E-state index is 13.1. The maximum atomic E-state index is 13.1. The van der Waals surface area contributed by atoms with Crippen LogP contribution in [-0.4, -0.2) is 57.4 Å². The Morgan fingerprint density at radius 1 is 1.38 bits per heavy atom. The normalized spacial score (nSPS) is 17.9. The van der Waals surface area contributed by atoms with E-state index in [1.807, 2.05) is 6.92 Å². The van der Waals surface area contributed by atoms with Crippen molar-refractivity contribution < 1.29 is 18.7 Å². The number of nitrogens with two attached hydrogens (primary N) is 1. The lowest BCUT2D eigenvalue weighted by atomic mass is 9.99. The summed E-state index contributed by atoms with van der Waals surface area (Å²) in [5, 5.41) is 6.40. The molecule has 4 N–H and O–H groups in total. The Labute approximate surface area is 172 Å². The molecule has 1 aromatic carbocycles. The molecule has 1 heterocycles. The van der Waals surface area contributed by atoms with Gasteiger partial charge in [-0.2, -0.15) is 0 Å². The predicted octanol–water partition coefficient (Wildman–Crippen LogP) is 1.61. The molecule has 1 aliphatic heterocycles. The van der Waals surface area contributed by atoms with E-state index in [1.165, 1.54) is 12.1 Å². The number of halogens is 1. The van der Waals surface area contributed by atoms with E-state index in [1.54, 1.807) is 12.1 Å². The molecule has 7 nitrogen and oxygen atoms in total. The molecule has 8 heteroatoms. The fourth-order valence-electron chi connectivity index (χ4n) is 3.07. The van der Waals surface area contributed by atoms with E-state index in [9.17, 15) is 9.18 Å². The quantitative estimate of drug-likeness (QED) is 0.277. The van der Waals surface area contributed by atoms with Gasteiger partial charge in [-0.25, -0.2) is 4.39 Å². The van der Waals surface area contributed by atoms with Gasteiger partial charge in [-0.15, -0.1) is 0 Å². The van der Waals surface area contributed by atoms with Gasteiger partial charge >= 0.3 is 0 Å². The van der Waals surface area contributed by atoms with Crippen LogP contribution in [0.5, 0.6) is 0 Å². The van der Waals surface area contributed by atoms with Crippen LogP contribution in [0.3, 0.4) is 0 Å². The van der Waals surface area contributed by atoms with E-state index in [-0.39, 0.29) is 18.5 Å². The lowest BCUT2D eigenvalue weighted by Crippen LogP contribution is -2.39. The number of primary amides is 1. The van der Waals surface area contributed by atoms with Crippen LogP contribution >= 0.6 is 0 Å². The molecule has 0 bridgehead atoms. The molecule has 29 heavy (non-hydrogen) atoms. The van der Waals surface area contributed by atoms with Crippen LogP contribution in [0.2, 0.25) is 0 Å². The zero-order valence-electron chi connectivity index (χ0n) is 17.2. The third-order valence-corrected chi connectivity index (χ3v) is 4.70. The molecule has 2 atom stereocenters. The molecule has 2 rings (SSSR count). The third-order valence-electron chi connectivity index (χ3n) is 4.70. The van der Waals surface area contributed by atoms with Crippen molar-refractivity contribution in [2.75, 3.05) is 39.5 Å². The summed E-state index contributed by atoms with van der Waals surface area (Å²) in [5.74, 6) is -0.542. The Morgan fingerprint density at radius 3 is 2.83 bits per heavy atom. The fourth-order valence-corrected chi connectivity index (χ4v) is 3.07. The first kappa shape index (κ1) is 23.1. The summed E-state index contributed by atoms with van der Waals surface area (Å²) in [7, 11) is 0. The van der Waals surface area contributed by atoms with Crippen molar-refractivity contribution >= 4 is 11.9 Å². The number of amides is 1. The highest BCUT2D eigenvalue weighted by Crippen LogP contribution is 2.12. The summed E-state index contributed by atoms with van der Waals surface area (Å²) >= 11 is 0. The molecule has 0 radical (unpaired) electrons. The standard InChI is InChI=1S/C21H33FN4O3/c1-2-24-21(25-10-4-11-28-15-19-5-3-12-29-19)26-14-17(20(23)27)13-16-6-8-18(22)9-7-16/h6-9,17,19H,2-5,10-15H2,1H3,(H2,23,27)(H2,24,25,26). The van der Waals surface area contributed by atoms with Crippen LogP contribution in [-0.2, 0) is 20.7 Å². The van der Waals surface area contributed by atoms with Crippen LogP contribution in [0.15, 0.2) is 29.3 Å². The highest BCUT2D eigenvalue weighted by molar-refractivity contribution is 5.81. The molecule has 1 saturated heterocycles. The molecule has 0 aromatic heterocycles. The topological polar surface area (TPSA) is 98.0 Å². The highest BCUT2D eigenvalue weighted by Gasteiger charge is 2.17. The van der Waals surface area contributed by atoms with Crippen LogP contribution in [0, 0.1) is 11.7 Å². The van der Waals surface area contributed by atoms with E-state index in [0.717, 1.165) is 31.4 Å². The predicted molar refractivity (Wildman–Crippen MR) is 111 cm³/mol. The van der Waals surface area contributed by atoms with Crippen molar-refractivity contribution in [1.29, 1.82) is 0 Å². The van der Waals surface area contributed by atoms with Crippen molar-refractivity contribution in [3.63, 3.8) is 0 Å². The van der Waals surface area contributed by atoms with Gasteiger partial charge in [0, 0.05) is 26.3 Å². The Hall–Kier alpha value is -2.19. The van der Waals surface area contributed by atoms with Crippen molar-refractivity contribution in [3.8, 4) is 0 Å². The Morgan fingerprint density at radius 2 is 2.17 bits per heavy atom. The van der Waals surface area contributed by atoms with E-state index in [4.69, 9.17) is 15.2 Å². The number of carbonyl (C=O) groups is 1. The number of guanidine groups is 1. The second-order valence-electron chi connectivity index (χ2n) is 7.14. The number of nitrogens with zero attached hydrogens (tertiary/aromatic N) is 1. The van der Waals surface area contributed by atoms with Crippen LogP contribution in [0.25, 0.3) is 0 Å². The van der Waals surface area contributed by atoms with Gasteiger partial charge < -0.3 is 25.8 Å². The molecule has 0 spiro atoms. The van der Waals surface area contributed by atoms with Crippen LogP contribution in [0.1, 0.15) is 31.7 Å². The molecular weight excluding hydrogens is 375 g/mol. The number of ether oxygens (including phenoxy) is 2. The van der Waals surface area contributed by atoms with Gasteiger partial charge in [0.1, 0.15) is 5.82 Å². The monoisotopic (exact) mass is 408 g/mol. The summed E-state index contributed by atoms with van der Waals surface area (Å²) in [4.78, 5) is 16.3. The number of carbonyl (C=O) groups excluding carboxylic acids is 1. The van der Waals surface area contributed by atoms with E-state index >= 15 is 0 Å². The minimum atomic E-state index is -0.453. The summed E-state index contributed by atoms with van der Waals surface area (Å²) in [6.45, 7) is 5.80. The van der Waals surface area contributed by atoms with Gasteiger partial charge in [0.25, 0.3) is 0 Å². The zero-order valence-corrected chi connectivity index (χ0v) is 17.2. The Bertz CT molecular complexity index is 633. The molecule has 0 saturated carbocycles. The molecular formula is C21H33FN4O3. The lowest BCUT2D eigenvalue weighted by Gasteiger charge is -2.15. The number of hydrogen-bond donors (Lipinski definition) is 3. The van der Waals surface area contributed by atoms with Crippen molar-refractivity contribution in [3.05, 3.63) is 35.6 Å². The van der Waals surface area contributed by atoms with E-state index in [0.29, 0.717) is 38.7 Å². The second kappa shape index (κ2) is 13.1. The summed E-state index contributed by atoms with van der Waals surface area (Å²) < 4.78 is 24.2. The van der Waals surface area contributed by atoms with Gasteiger partial charge in [-0.3, -0.25) is 9.79 Å². The average molecular weight is 409 g/mol. The average Bonchev–Trinajstić information content (AvgIpc) is 3.22. The Kier molecular flexibility index (Phi) is 10.4. The number of rotatable bonds is 12. The minimum Gasteiger partial charge on any atom is -0.379 e. The second-order valence-corrected chi connectivity index (χ2v) is 7.14. The largest absolute Gasteiger partial charge is 0.379 e. The molecule has 1 fully saturated rings. The first-order valence-electron chi connectivity index (χ1n) is 10.3. The Balaban J connectivity index is 1.74.